The molecule has 1 aromatic rings. The first-order valence-corrected chi connectivity index (χ1v) is 6.91. The van der Waals surface area contributed by atoms with Gasteiger partial charge in [-0.1, -0.05) is 6.07 Å². The number of rotatable bonds is 3. The molecule has 1 aromatic carbocycles. The lowest BCUT2D eigenvalue weighted by atomic mass is 10.0. The monoisotopic (exact) mass is 363 g/mol. The van der Waals surface area contributed by atoms with Gasteiger partial charge in [0.15, 0.2) is 10.7 Å². The van der Waals surface area contributed by atoms with Crippen molar-refractivity contribution in [3.05, 3.63) is 29.3 Å². The van der Waals surface area contributed by atoms with Crippen LogP contribution in [0.15, 0.2) is 18.2 Å². The number of alkyl halides is 5. The predicted molar refractivity (Wildman–Crippen MR) is 78.7 cm³/mol. The van der Waals surface area contributed by atoms with E-state index in [4.69, 9.17) is 17.5 Å². The molecule has 0 atom stereocenters. The third-order valence-corrected chi connectivity index (χ3v) is 4.31. The zero-order valence-electron chi connectivity index (χ0n) is 12.2. The van der Waals surface area contributed by atoms with Gasteiger partial charge in [-0.05, 0) is 24.4 Å². The lowest BCUT2D eigenvalue weighted by molar-refractivity contribution is -0.137. The van der Waals surface area contributed by atoms with Crippen molar-refractivity contribution >= 4 is 28.9 Å². The number of nitrogens with zero attached hydrogens (tertiary/aromatic N) is 3. The average molecular weight is 363 g/mol. The van der Waals surface area contributed by atoms with Gasteiger partial charge < -0.3 is 4.90 Å². The van der Waals surface area contributed by atoms with Gasteiger partial charge in [0.05, 0.1) is 22.9 Å². The summed E-state index contributed by atoms with van der Waals surface area (Å²) in [6.45, 7) is -2.93. The molecule has 1 heterocycles. The van der Waals surface area contributed by atoms with Crippen molar-refractivity contribution in [3.63, 3.8) is 0 Å². The van der Waals surface area contributed by atoms with Crippen LogP contribution in [0.4, 0.5) is 27.6 Å². The molecule has 4 nitrogen and oxygen atoms in total. The Morgan fingerprint density at radius 1 is 1.29 bits per heavy atom. The Labute approximate surface area is 139 Å². The van der Waals surface area contributed by atoms with Gasteiger partial charge in [-0.3, -0.25) is 9.69 Å². The quantitative estimate of drug-likeness (QED) is 0.612. The molecule has 1 saturated heterocycles. The summed E-state index contributed by atoms with van der Waals surface area (Å²) in [7, 11) is 1.13. The summed E-state index contributed by atoms with van der Waals surface area (Å²) in [4.78, 5) is 13.7. The van der Waals surface area contributed by atoms with Crippen LogP contribution in [-0.2, 0) is 11.0 Å². The summed E-state index contributed by atoms with van der Waals surface area (Å²) < 4.78 is 66.8. The fourth-order valence-corrected chi connectivity index (χ4v) is 2.79. The Hall–Kier alpha value is -2.28. The van der Waals surface area contributed by atoms with Crippen LogP contribution in [0.1, 0.15) is 11.1 Å². The van der Waals surface area contributed by atoms with Gasteiger partial charge in [0.1, 0.15) is 13.3 Å². The topological polar surface area (TPSA) is 47.3 Å². The highest BCUT2D eigenvalue weighted by Crippen LogP contribution is 2.42. The lowest BCUT2D eigenvalue weighted by Crippen LogP contribution is -2.52. The Morgan fingerprint density at radius 2 is 1.88 bits per heavy atom. The highest BCUT2D eigenvalue weighted by Gasteiger charge is 2.56. The summed E-state index contributed by atoms with van der Waals surface area (Å²) in [6, 6.07) is 4.37. The van der Waals surface area contributed by atoms with Crippen LogP contribution in [0.3, 0.4) is 0 Å². The minimum Gasteiger partial charge on any atom is -0.332 e. The molecule has 24 heavy (non-hydrogen) atoms. The van der Waals surface area contributed by atoms with Crippen molar-refractivity contribution in [2.75, 3.05) is 25.3 Å². The van der Waals surface area contributed by atoms with Gasteiger partial charge in [-0.15, -0.1) is 0 Å². The number of hydrogen-bond acceptors (Lipinski definition) is 3. The van der Waals surface area contributed by atoms with E-state index in [-0.39, 0.29) is 0 Å². The molecular weight excluding hydrogens is 353 g/mol. The molecule has 1 amide bonds. The number of nitriles is 1. The van der Waals surface area contributed by atoms with E-state index in [0.717, 1.165) is 30.1 Å². The van der Waals surface area contributed by atoms with Gasteiger partial charge in [0.2, 0.25) is 0 Å². The Bertz CT molecular complexity index is 739. The summed E-state index contributed by atoms with van der Waals surface area (Å²) in [5, 5.41) is 8.44. The SMILES string of the molecule is CN1C(=S)N(c2cccc(C#N)c2C(F)(F)F)C(=O)C1(CF)CF. The van der Waals surface area contributed by atoms with Gasteiger partial charge in [0, 0.05) is 7.05 Å². The lowest BCUT2D eigenvalue weighted by Gasteiger charge is -2.27. The summed E-state index contributed by atoms with van der Waals surface area (Å²) >= 11 is 4.91. The Kier molecular flexibility index (Phi) is 4.50. The fraction of sp³-hybridized carbons (Fsp3) is 0.357. The average Bonchev–Trinajstić information content (AvgIpc) is 2.73. The first-order chi connectivity index (χ1) is 11.2. The van der Waals surface area contributed by atoms with Gasteiger partial charge in [0.25, 0.3) is 5.91 Å². The van der Waals surface area contributed by atoms with Crippen molar-refractivity contribution in [1.29, 1.82) is 5.26 Å². The molecule has 128 valence electrons. The number of amides is 1. The first-order valence-electron chi connectivity index (χ1n) is 6.50. The summed E-state index contributed by atoms with van der Waals surface area (Å²) in [5.74, 6) is -1.25. The number of benzene rings is 1. The Balaban J connectivity index is 2.72. The fourth-order valence-electron chi connectivity index (χ4n) is 2.43. The molecule has 0 aromatic heterocycles. The van der Waals surface area contributed by atoms with Gasteiger partial charge in [-0.25, -0.2) is 8.78 Å². The Morgan fingerprint density at radius 3 is 2.29 bits per heavy atom. The third kappa shape index (κ3) is 2.39. The number of thiocarbonyl (C=S) groups is 1. The number of hydrogen-bond donors (Lipinski definition) is 0. The van der Waals surface area contributed by atoms with Crippen molar-refractivity contribution in [1.82, 2.24) is 4.90 Å². The molecule has 1 aliphatic rings. The van der Waals surface area contributed by atoms with Gasteiger partial charge in [-0.2, -0.15) is 18.4 Å². The molecule has 0 unspecified atom stereocenters. The molecule has 2 rings (SSSR count). The molecule has 10 heteroatoms. The normalized spacial score (nSPS) is 17.4. The zero-order chi connectivity index (χ0) is 18.3. The smallest absolute Gasteiger partial charge is 0.332 e. The molecule has 0 bridgehead atoms. The number of likely N-dealkylation sites (N-methyl/N-ethyl adjacent to an activating group) is 1. The van der Waals surface area contributed by atoms with Crippen LogP contribution in [-0.4, -0.2) is 41.9 Å². The maximum Gasteiger partial charge on any atom is 0.419 e. The second-order valence-electron chi connectivity index (χ2n) is 5.09. The largest absolute Gasteiger partial charge is 0.419 e. The van der Waals surface area contributed by atoms with E-state index in [1.807, 2.05) is 0 Å². The van der Waals surface area contributed by atoms with Crippen molar-refractivity contribution in [2.45, 2.75) is 11.7 Å². The van der Waals surface area contributed by atoms with Crippen LogP contribution >= 0.6 is 12.2 Å². The van der Waals surface area contributed by atoms with Crippen LogP contribution in [0, 0.1) is 11.3 Å². The van der Waals surface area contributed by atoms with E-state index in [2.05, 4.69) is 0 Å². The van der Waals surface area contributed by atoms with E-state index in [9.17, 15) is 26.7 Å². The van der Waals surface area contributed by atoms with E-state index in [1.165, 1.54) is 6.07 Å². The summed E-state index contributed by atoms with van der Waals surface area (Å²) in [6.07, 6.45) is -4.97. The second kappa shape index (κ2) is 5.98. The summed E-state index contributed by atoms with van der Waals surface area (Å²) in [5.41, 5.74) is -5.14. The van der Waals surface area contributed by atoms with Crippen LogP contribution in [0.25, 0.3) is 0 Å². The molecule has 0 N–H and O–H groups in total. The van der Waals surface area contributed by atoms with Crippen molar-refractivity contribution in [2.24, 2.45) is 0 Å². The maximum absolute atomic E-state index is 13.4. The first kappa shape index (κ1) is 18.1. The zero-order valence-corrected chi connectivity index (χ0v) is 13.0. The van der Waals surface area contributed by atoms with E-state index < -0.39 is 52.9 Å². The molecule has 1 fully saturated rings. The molecule has 0 radical (unpaired) electrons. The minimum atomic E-state index is -4.97. The molecule has 0 saturated carbocycles. The highest BCUT2D eigenvalue weighted by atomic mass is 32.1. The van der Waals surface area contributed by atoms with Gasteiger partial charge >= 0.3 is 6.18 Å². The predicted octanol–water partition coefficient (Wildman–Crippen LogP) is 2.82. The van der Waals surface area contributed by atoms with Crippen molar-refractivity contribution < 1.29 is 26.7 Å². The maximum atomic E-state index is 13.4. The second-order valence-corrected chi connectivity index (χ2v) is 5.46. The standard InChI is InChI=1S/C14H10F5N3OS/c1-21-12(24)22(11(23)13(21,6-15)7-16)9-4-2-3-8(5-20)10(9)14(17,18)19/h2-4H,6-7H2,1H3. The number of carbonyl (C=O) groups excluding carboxylic acids is 1. The van der Waals surface area contributed by atoms with Crippen LogP contribution < -0.4 is 4.90 Å². The molecule has 1 aliphatic heterocycles. The van der Waals surface area contributed by atoms with E-state index >= 15 is 0 Å². The number of anilines is 1. The van der Waals surface area contributed by atoms with Crippen LogP contribution in [0.5, 0.6) is 0 Å². The number of carbonyl (C=O) groups is 1. The molecular formula is C14H10F5N3OS. The van der Waals surface area contributed by atoms with E-state index in [0.29, 0.717) is 4.90 Å². The molecule has 0 aliphatic carbocycles. The number of halogens is 5. The highest BCUT2D eigenvalue weighted by molar-refractivity contribution is 7.80. The molecule has 0 spiro atoms. The third-order valence-electron chi connectivity index (χ3n) is 3.85. The van der Waals surface area contributed by atoms with Crippen molar-refractivity contribution in [3.8, 4) is 6.07 Å². The van der Waals surface area contributed by atoms with E-state index in [1.54, 1.807) is 0 Å². The van der Waals surface area contributed by atoms with Crippen LogP contribution in [0.2, 0.25) is 0 Å². The minimum absolute atomic E-state index is 0.429.